The zero-order valence-corrected chi connectivity index (χ0v) is 14.3. The summed E-state index contributed by atoms with van der Waals surface area (Å²) < 4.78 is 14.3. The summed E-state index contributed by atoms with van der Waals surface area (Å²) in [5.41, 5.74) is 1.43. The lowest BCUT2D eigenvalue weighted by Crippen LogP contribution is -2.32. The first kappa shape index (κ1) is 16.5. The Morgan fingerprint density at radius 1 is 1.29 bits per heavy atom. The molecule has 0 fully saturated rings. The maximum atomic E-state index is 13.2. The number of carbonyl (C=O) groups is 1. The van der Waals surface area contributed by atoms with Gasteiger partial charge in [0, 0.05) is 5.69 Å². The summed E-state index contributed by atoms with van der Waals surface area (Å²) >= 11 is 1.63. The van der Waals surface area contributed by atoms with Gasteiger partial charge in [0.25, 0.3) is 0 Å². The van der Waals surface area contributed by atoms with Gasteiger partial charge < -0.3 is 5.32 Å². The smallest absolute Gasteiger partial charge is 0.238 e. The predicted molar refractivity (Wildman–Crippen MR) is 95.7 cm³/mol. The molecule has 0 unspecified atom stereocenters. The van der Waals surface area contributed by atoms with Gasteiger partial charge in [-0.2, -0.15) is 0 Å². The van der Waals surface area contributed by atoms with Crippen molar-refractivity contribution in [2.24, 2.45) is 0 Å². The SMILES string of the molecule is C[C@@H](c1nc2ccccc2s1)N(C)CC(=O)Nc1cccc(F)c1. The number of carbonyl (C=O) groups excluding carboxylic acids is 1. The third-order valence-corrected chi connectivity index (χ3v) is 5.04. The molecule has 1 N–H and O–H groups in total. The minimum absolute atomic E-state index is 0.0145. The van der Waals surface area contributed by atoms with Gasteiger partial charge in [-0.05, 0) is 44.3 Å². The number of thiazole rings is 1. The third-order valence-electron chi connectivity index (χ3n) is 3.83. The first-order valence-electron chi connectivity index (χ1n) is 7.64. The second kappa shape index (κ2) is 7.07. The highest BCUT2D eigenvalue weighted by Gasteiger charge is 2.18. The van der Waals surface area contributed by atoms with Crippen LogP contribution in [0.4, 0.5) is 10.1 Å². The lowest BCUT2D eigenvalue weighted by Gasteiger charge is -2.22. The van der Waals surface area contributed by atoms with Gasteiger partial charge in [-0.15, -0.1) is 11.3 Å². The van der Waals surface area contributed by atoms with Crippen LogP contribution in [-0.2, 0) is 4.79 Å². The molecule has 0 aliphatic rings. The van der Waals surface area contributed by atoms with Crippen LogP contribution >= 0.6 is 11.3 Å². The molecule has 0 aliphatic heterocycles. The second-order valence-corrected chi connectivity index (χ2v) is 6.73. The van der Waals surface area contributed by atoms with Gasteiger partial charge in [-0.25, -0.2) is 9.37 Å². The summed E-state index contributed by atoms with van der Waals surface area (Å²) in [5, 5.41) is 3.68. The van der Waals surface area contributed by atoms with Gasteiger partial charge in [0.2, 0.25) is 5.91 Å². The van der Waals surface area contributed by atoms with Gasteiger partial charge in [0.05, 0.1) is 22.8 Å². The first-order valence-corrected chi connectivity index (χ1v) is 8.46. The molecule has 3 aromatic rings. The number of para-hydroxylation sites is 1. The Kier molecular flexibility index (Phi) is 4.87. The third kappa shape index (κ3) is 3.77. The van der Waals surface area contributed by atoms with Gasteiger partial charge in [-0.1, -0.05) is 18.2 Å². The number of aromatic nitrogens is 1. The summed E-state index contributed by atoms with van der Waals surface area (Å²) in [7, 11) is 1.88. The largest absolute Gasteiger partial charge is 0.325 e. The number of hydrogen-bond donors (Lipinski definition) is 1. The Hall–Kier alpha value is -2.31. The number of amides is 1. The standard InChI is InChI=1S/C18H18FN3OS/c1-12(18-21-15-8-3-4-9-16(15)24-18)22(2)11-17(23)20-14-7-5-6-13(19)10-14/h3-10,12H,11H2,1-2H3,(H,20,23)/t12-/m0/s1. The van der Waals surface area contributed by atoms with E-state index in [-0.39, 0.29) is 24.3 Å². The maximum Gasteiger partial charge on any atom is 0.238 e. The van der Waals surface area contributed by atoms with E-state index in [1.54, 1.807) is 23.5 Å². The highest BCUT2D eigenvalue weighted by molar-refractivity contribution is 7.18. The quantitative estimate of drug-likeness (QED) is 0.760. The van der Waals surface area contributed by atoms with Crippen molar-refractivity contribution in [1.29, 1.82) is 0 Å². The van der Waals surface area contributed by atoms with Crippen LogP contribution in [0.1, 0.15) is 18.0 Å². The zero-order valence-electron chi connectivity index (χ0n) is 13.5. The van der Waals surface area contributed by atoms with E-state index >= 15 is 0 Å². The number of nitrogens with one attached hydrogen (secondary N) is 1. The molecule has 0 aliphatic carbocycles. The van der Waals surface area contributed by atoms with Crippen LogP contribution in [-0.4, -0.2) is 29.4 Å². The molecule has 1 aromatic heterocycles. The molecule has 24 heavy (non-hydrogen) atoms. The molecule has 4 nitrogen and oxygen atoms in total. The van der Waals surface area contributed by atoms with Crippen molar-refractivity contribution in [2.45, 2.75) is 13.0 Å². The van der Waals surface area contributed by atoms with Crippen LogP contribution < -0.4 is 5.32 Å². The predicted octanol–water partition coefficient (Wildman–Crippen LogP) is 4.07. The summed E-state index contributed by atoms with van der Waals surface area (Å²) in [5.74, 6) is -0.556. The van der Waals surface area contributed by atoms with Gasteiger partial charge in [-0.3, -0.25) is 9.69 Å². The van der Waals surface area contributed by atoms with E-state index in [9.17, 15) is 9.18 Å². The Morgan fingerprint density at radius 3 is 2.83 bits per heavy atom. The molecule has 2 aromatic carbocycles. The van der Waals surface area contributed by atoms with Crippen LogP contribution in [0.3, 0.4) is 0 Å². The van der Waals surface area contributed by atoms with Crippen molar-refractivity contribution in [3.05, 3.63) is 59.4 Å². The number of hydrogen-bond acceptors (Lipinski definition) is 4. The number of anilines is 1. The lowest BCUT2D eigenvalue weighted by atomic mass is 10.3. The van der Waals surface area contributed by atoms with Crippen LogP contribution in [0.5, 0.6) is 0 Å². The minimum atomic E-state index is -0.371. The monoisotopic (exact) mass is 343 g/mol. The van der Waals surface area contributed by atoms with Gasteiger partial charge in [0.1, 0.15) is 10.8 Å². The lowest BCUT2D eigenvalue weighted by molar-refractivity contribution is -0.117. The van der Waals surface area contributed by atoms with Crippen LogP contribution in [0.25, 0.3) is 10.2 Å². The molecule has 6 heteroatoms. The Labute approximate surface area is 143 Å². The topological polar surface area (TPSA) is 45.2 Å². The van der Waals surface area contributed by atoms with Crippen molar-refractivity contribution in [3.63, 3.8) is 0 Å². The number of benzene rings is 2. The number of nitrogens with zero attached hydrogens (tertiary/aromatic N) is 2. The molecule has 3 rings (SSSR count). The van der Waals surface area contributed by atoms with E-state index in [0.29, 0.717) is 5.69 Å². The van der Waals surface area contributed by atoms with E-state index in [4.69, 9.17) is 0 Å². The molecule has 0 spiro atoms. The fraction of sp³-hybridized carbons (Fsp3) is 0.222. The van der Waals surface area contributed by atoms with Crippen LogP contribution in [0, 0.1) is 5.82 Å². The summed E-state index contributed by atoms with van der Waals surface area (Å²) in [6.45, 7) is 2.22. The van der Waals surface area contributed by atoms with Crippen molar-refractivity contribution >= 4 is 33.1 Å². The van der Waals surface area contributed by atoms with Crippen molar-refractivity contribution < 1.29 is 9.18 Å². The van der Waals surface area contributed by atoms with E-state index in [1.807, 2.05) is 43.1 Å². The van der Waals surface area contributed by atoms with E-state index < -0.39 is 0 Å². The summed E-state index contributed by atoms with van der Waals surface area (Å²) in [6, 6.07) is 13.9. The molecule has 1 heterocycles. The molecule has 0 saturated carbocycles. The average molecular weight is 343 g/mol. The highest BCUT2D eigenvalue weighted by Crippen LogP contribution is 2.28. The maximum absolute atomic E-state index is 13.2. The van der Waals surface area contributed by atoms with Crippen molar-refractivity contribution in [3.8, 4) is 0 Å². The summed E-state index contributed by atoms with van der Waals surface area (Å²) in [6.07, 6.45) is 0. The molecular weight excluding hydrogens is 325 g/mol. The molecule has 1 amide bonds. The molecule has 0 radical (unpaired) electrons. The second-order valence-electron chi connectivity index (χ2n) is 5.67. The molecule has 0 bridgehead atoms. The van der Waals surface area contributed by atoms with Gasteiger partial charge in [0.15, 0.2) is 0 Å². The number of likely N-dealkylation sites (N-methyl/N-ethyl adjacent to an activating group) is 1. The highest BCUT2D eigenvalue weighted by atomic mass is 32.1. The van der Waals surface area contributed by atoms with Crippen LogP contribution in [0.15, 0.2) is 48.5 Å². The fourth-order valence-electron chi connectivity index (χ4n) is 2.39. The van der Waals surface area contributed by atoms with E-state index in [0.717, 1.165) is 15.2 Å². The Balaban J connectivity index is 1.65. The number of fused-ring (bicyclic) bond motifs is 1. The Bertz CT molecular complexity index is 831. The molecule has 0 saturated heterocycles. The minimum Gasteiger partial charge on any atom is -0.325 e. The van der Waals surface area contributed by atoms with Gasteiger partial charge >= 0.3 is 0 Å². The van der Waals surface area contributed by atoms with E-state index in [2.05, 4.69) is 10.3 Å². The summed E-state index contributed by atoms with van der Waals surface area (Å²) in [4.78, 5) is 18.7. The van der Waals surface area contributed by atoms with E-state index in [1.165, 1.54) is 12.1 Å². The number of rotatable bonds is 5. The van der Waals surface area contributed by atoms with Crippen molar-refractivity contribution in [1.82, 2.24) is 9.88 Å². The fourth-order valence-corrected chi connectivity index (χ4v) is 3.47. The van der Waals surface area contributed by atoms with Crippen LogP contribution in [0.2, 0.25) is 0 Å². The first-order chi connectivity index (χ1) is 11.5. The van der Waals surface area contributed by atoms with Crippen molar-refractivity contribution in [2.75, 3.05) is 18.9 Å². The molecule has 124 valence electrons. The zero-order chi connectivity index (χ0) is 17.1. The normalized spacial score (nSPS) is 12.5. The molecular formula is C18H18FN3OS. The molecule has 1 atom stereocenters. The number of halogens is 1. The average Bonchev–Trinajstić information content (AvgIpc) is 2.97. The Morgan fingerprint density at radius 2 is 2.08 bits per heavy atom.